The molecule has 2 heterocycles. The first kappa shape index (κ1) is 11.4. The fourth-order valence-electron chi connectivity index (χ4n) is 2.57. The van der Waals surface area contributed by atoms with Crippen LogP contribution in [0.25, 0.3) is 5.69 Å². The minimum Gasteiger partial charge on any atom is -0.307 e. The number of benzene rings is 1. The van der Waals surface area contributed by atoms with Gasteiger partial charge in [-0.2, -0.15) is 0 Å². The summed E-state index contributed by atoms with van der Waals surface area (Å²) < 4.78 is 2.08. The SMILES string of the molecule is CC1CCNC(c2nncn2-c2ccccc2)C1. The van der Waals surface area contributed by atoms with E-state index in [0.29, 0.717) is 6.04 Å². The zero-order valence-electron chi connectivity index (χ0n) is 10.6. The van der Waals surface area contributed by atoms with Crippen LogP contribution >= 0.6 is 0 Å². The summed E-state index contributed by atoms with van der Waals surface area (Å²) in [7, 11) is 0. The van der Waals surface area contributed by atoms with Crippen molar-refractivity contribution in [1.29, 1.82) is 0 Å². The summed E-state index contributed by atoms with van der Waals surface area (Å²) in [5, 5.41) is 11.9. The fraction of sp³-hybridized carbons (Fsp3) is 0.429. The van der Waals surface area contributed by atoms with E-state index in [1.165, 1.54) is 6.42 Å². The van der Waals surface area contributed by atoms with Crippen molar-refractivity contribution in [1.82, 2.24) is 20.1 Å². The molecule has 18 heavy (non-hydrogen) atoms. The van der Waals surface area contributed by atoms with Gasteiger partial charge in [0.15, 0.2) is 5.82 Å². The zero-order valence-corrected chi connectivity index (χ0v) is 10.6. The molecule has 1 aromatic carbocycles. The standard InChI is InChI=1S/C14H18N4/c1-11-7-8-15-13(9-11)14-17-16-10-18(14)12-5-3-2-4-6-12/h2-6,10-11,13,15H,7-9H2,1H3. The smallest absolute Gasteiger partial charge is 0.154 e. The van der Waals surface area contributed by atoms with Crippen LogP contribution in [0.4, 0.5) is 0 Å². The maximum absolute atomic E-state index is 4.30. The molecule has 1 aliphatic rings. The molecule has 2 aromatic rings. The molecule has 1 aromatic heterocycles. The van der Waals surface area contributed by atoms with E-state index in [4.69, 9.17) is 0 Å². The van der Waals surface area contributed by atoms with Crippen LogP contribution in [0.15, 0.2) is 36.7 Å². The van der Waals surface area contributed by atoms with E-state index in [0.717, 1.165) is 30.4 Å². The predicted molar refractivity (Wildman–Crippen MR) is 70.5 cm³/mol. The Balaban J connectivity index is 1.92. The molecule has 0 aliphatic carbocycles. The molecule has 0 radical (unpaired) electrons. The van der Waals surface area contributed by atoms with Gasteiger partial charge in [0, 0.05) is 5.69 Å². The molecule has 2 atom stereocenters. The minimum absolute atomic E-state index is 0.316. The Morgan fingerprint density at radius 1 is 1.28 bits per heavy atom. The van der Waals surface area contributed by atoms with Crippen LogP contribution < -0.4 is 5.32 Å². The van der Waals surface area contributed by atoms with E-state index in [1.807, 2.05) is 18.2 Å². The van der Waals surface area contributed by atoms with Gasteiger partial charge in [-0.25, -0.2) is 0 Å². The Morgan fingerprint density at radius 3 is 2.89 bits per heavy atom. The molecule has 0 bridgehead atoms. The molecule has 0 amide bonds. The number of aromatic nitrogens is 3. The van der Waals surface area contributed by atoms with Crippen LogP contribution in [-0.4, -0.2) is 21.3 Å². The van der Waals surface area contributed by atoms with Gasteiger partial charge in [-0.3, -0.25) is 4.57 Å². The molecule has 0 spiro atoms. The van der Waals surface area contributed by atoms with Crippen molar-refractivity contribution >= 4 is 0 Å². The third-order valence-electron chi connectivity index (χ3n) is 3.59. The number of piperidine rings is 1. The maximum atomic E-state index is 4.30. The van der Waals surface area contributed by atoms with Crippen molar-refractivity contribution in [3.63, 3.8) is 0 Å². The van der Waals surface area contributed by atoms with Crippen molar-refractivity contribution in [3.05, 3.63) is 42.5 Å². The average Bonchev–Trinajstić information content (AvgIpc) is 2.89. The van der Waals surface area contributed by atoms with E-state index in [9.17, 15) is 0 Å². The second kappa shape index (κ2) is 4.90. The van der Waals surface area contributed by atoms with Crippen LogP contribution in [0, 0.1) is 5.92 Å². The topological polar surface area (TPSA) is 42.7 Å². The number of nitrogens with zero attached hydrogens (tertiary/aromatic N) is 3. The second-order valence-corrected chi connectivity index (χ2v) is 5.03. The Bertz CT molecular complexity index is 506. The summed E-state index contributed by atoms with van der Waals surface area (Å²) in [5.41, 5.74) is 1.12. The molecule has 4 nitrogen and oxygen atoms in total. The highest BCUT2D eigenvalue weighted by molar-refractivity contribution is 5.32. The van der Waals surface area contributed by atoms with E-state index in [-0.39, 0.29) is 0 Å². The summed E-state index contributed by atoms with van der Waals surface area (Å²) >= 11 is 0. The largest absolute Gasteiger partial charge is 0.307 e. The summed E-state index contributed by atoms with van der Waals surface area (Å²) in [5.74, 6) is 1.77. The minimum atomic E-state index is 0.316. The first-order valence-electron chi connectivity index (χ1n) is 6.53. The van der Waals surface area contributed by atoms with Gasteiger partial charge < -0.3 is 5.32 Å². The predicted octanol–water partition coefficient (Wildman–Crippen LogP) is 2.33. The molecule has 1 fully saturated rings. The van der Waals surface area contributed by atoms with Gasteiger partial charge in [-0.05, 0) is 37.4 Å². The third kappa shape index (κ3) is 2.16. The van der Waals surface area contributed by atoms with Crippen LogP contribution in [0.5, 0.6) is 0 Å². The second-order valence-electron chi connectivity index (χ2n) is 5.03. The number of para-hydroxylation sites is 1. The lowest BCUT2D eigenvalue weighted by molar-refractivity contribution is 0.313. The first-order valence-corrected chi connectivity index (χ1v) is 6.53. The molecule has 2 unspecified atom stereocenters. The van der Waals surface area contributed by atoms with Gasteiger partial charge in [0.05, 0.1) is 6.04 Å². The lowest BCUT2D eigenvalue weighted by Crippen LogP contribution is -2.32. The number of hydrogen-bond acceptors (Lipinski definition) is 3. The quantitative estimate of drug-likeness (QED) is 0.879. The zero-order chi connectivity index (χ0) is 12.4. The maximum Gasteiger partial charge on any atom is 0.154 e. The van der Waals surface area contributed by atoms with Gasteiger partial charge in [-0.15, -0.1) is 10.2 Å². The summed E-state index contributed by atoms with van der Waals surface area (Å²) in [6.07, 6.45) is 4.17. The molecular weight excluding hydrogens is 224 g/mol. The van der Waals surface area contributed by atoms with Gasteiger partial charge in [0.2, 0.25) is 0 Å². The highest BCUT2D eigenvalue weighted by Gasteiger charge is 2.24. The van der Waals surface area contributed by atoms with E-state index < -0.39 is 0 Å². The molecule has 1 N–H and O–H groups in total. The van der Waals surface area contributed by atoms with Crippen molar-refractivity contribution < 1.29 is 0 Å². The Kier molecular flexibility index (Phi) is 3.11. The fourth-order valence-corrected chi connectivity index (χ4v) is 2.57. The highest BCUT2D eigenvalue weighted by atomic mass is 15.3. The highest BCUT2D eigenvalue weighted by Crippen LogP contribution is 2.26. The summed E-state index contributed by atoms with van der Waals surface area (Å²) in [6, 6.07) is 10.6. The Morgan fingerprint density at radius 2 is 2.11 bits per heavy atom. The molecule has 3 rings (SSSR count). The van der Waals surface area contributed by atoms with Crippen molar-refractivity contribution in [3.8, 4) is 5.69 Å². The van der Waals surface area contributed by atoms with E-state index in [2.05, 4.69) is 39.1 Å². The van der Waals surface area contributed by atoms with Crippen molar-refractivity contribution in [2.24, 2.45) is 5.92 Å². The van der Waals surface area contributed by atoms with Gasteiger partial charge in [0.25, 0.3) is 0 Å². The Hall–Kier alpha value is -1.68. The molecular formula is C14H18N4. The Labute approximate surface area is 107 Å². The van der Waals surface area contributed by atoms with Gasteiger partial charge in [-0.1, -0.05) is 25.1 Å². The van der Waals surface area contributed by atoms with Crippen molar-refractivity contribution in [2.75, 3.05) is 6.54 Å². The average molecular weight is 242 g/mol. The normalized spacial score (nSPS) is 24.1. The van der Waals surface area contributed by atoms with Crippen LogP contribution in [0.2, 0.25) is 0 Å². The molecule has 1 aliphatic heterocycles. The summed E-state index contributed by atoms with van der Waals surface area (Å²) in [4.78, 5) is 0. The van der Waals surface area contributed by atoms with Gasteiger partial charge in [0.1, 0.15) is 6.33 Å². The van der Waals surface area contributed by atoms with Gasteiger partial charge >= 0.3 is 0 Å². The molecule has 0 saturated carbocycles. The number of hydrogen-bond donors (Lipinski definition) is 1. The first-order chi connectivity index (χ1) is 8.84. The van der Waals surface area contributed by atoms with Crippen molar-refractivity contribution in [2.45, 2.75) is 25.8 Å². The number of nitrogens with one attached hydrogen (secondary N) is 1. The summed E-state index contributed by atoms with van der Waals surface area (Å²) in [6.45, 7) is 3.37. The van der Waals surface area contributed by atoms with Crippen LogP contribution in [-0.2, 0) is 0 Å². The van der Waals surface area contributed by atoms with E-state index in [1.54, 1.807) is 6.33 Å². The number of rotatable bonds is 2. The monoisotopic (exact) mass is 242 g/mol. The van der Waals surface area contributed by atoms with E-state index >= 15 is 0 Å². The lowest BCUT2D eigenvalue weighted by Gasteiger charge is -2.27. The molecule has 94 valence electrons. The lowest BCUT2D eigenvalue weighted by atomic mass is 9.94. The van der Waals surface area contributed by atoms with Crippen LogP contribution in [0.3, 0.4) is 0 Å². The van der Waals surface area contributed by atoms with Crippen LogP contribution in [0.1, 0.15) is 31.6 Å². The molecule has 1 saturated heterocycles. The third-order valence-corrected chi connectivity index (χ3v) is 3.59. The molecule has 4 heteroatoms.